The highest BCUT2D eigenvalue weighted by Crippen LogP contribution is 2.32. The number of fused-ring (bicyclic) bond motifs is 1. The van der Waals surface area contributed by atoms with Crippen LogP contribution in [0.25, 0.3) is 0 Å². The van der Waals surface area contributed by atoms with Gasteiger partial charge in [0.2, 0.25) is 10.0 Å². The van der Waals surface area contributed by atoms with Gasteiger partial charge in [0, 0.05) is 18.7 Å². The Morgan fingerprint density at radius 3 is 2.83 bits per heavy atom. The minimum atomic E-state index is -3.28. The monoisotopic (exact) mass is 270 g/mol. The normalized spacial score (nSPS) is 20.9. The molecule has 0 fully saturated rings. The van der Waals surface area contributed by atoms with Crippen molar-refractivity contribution in [3.63, 3.8) is 0 Å². The fourth-order valence-corrected chi connectivity index (χ4v) is 3.46. The van der Waals surface area contributed by atoms with Gasteiger partial charge in [-0.05, 0) is 13.0 Å². The number of nitrogens with two attached hydrogens (primary N) is 1. The van der Waals surface area contributed by atoms with E-state index in [0.717, 1.165) is 11.3 Å². The van der Waals surface area contributed by atoms with Crippen molar-refractivity contribution in [3.8, 4) is 5.75 Å². The summed E-state index contributed by atoms with van der Waals surface area (Å²) in [4.78, 5) is 0. The minimum Gasteiger partial charge on any atom is -0.492 e. The second kappa shape index (κ2) is 5.26. The van der Waals surface area contributed by atoms with E-state index in [9.17, 15) is 8.42 Å². The van der Waals surface area contributed by atoms with E-state index in [-0.39, 0.29) is 18.3 Å². The number of nitrogens with zero attached hydrogens (tertiary/aromatic N) is 1. The Labute approximate surface area is 108 Å². The van der Waals surface area contributed by atoms with Crippen LogP contribution in [0.5, 0.6) is 5.75 Å². The lowest BCUT2D eigenvalue weighted by molar-refractivity contribution is 0.274. The summed E-state index contributed by atoms with van der Waals surface area (Å²) in [5.41, 5.74) is 6.61. The maximum Gasteiger partial charge on any atom is 0.214 e. The first-order chi connectivity index (χ1) is 8.60. The maximum atomic E-state index is 12.1. The Balaban J connectivity index is 2.47. The van der Waals surface area contributed by atoms with Gasteiger partial charge in [-0.1, -0.05) is 18.2 Å². The Morgan fingerprint density at radius 1 is 1.44 bits per heavy atom. The van der Waals surface area contributed by atoms with Crippen molar-refractivity contribution < 1.29 is 13.2 Å². The van der Waals surface area contributed by atoms with Crippen molar-refractivity contribution in [1.82, 2.24) is 4.31 Å². The van der Waals surface area contributed by atoms with Crippen LogP contribution in [0.1, 0.15) is 18.5 Å². The molecule has 2 rings (SSSR count). The lowest BCUT2D eigenvalue weighted by Crippen LogP contribution is -2.40. The summed E-state index contributed by atoms with van der Waals surface area (Å²) >= 11 is 0. The lowest BCUT2D eigenvalue weighted by Gasteiger charge is -2.27. The van der Waals surface area contributed by atoms with E-state index in [0.29, 0.717) is 13.2 Å². The minimum absolute atomic E-state index is 0.0751. The van der Waals surface area contributed by atoms with Gasteiger partial charge in [-0.15, -0.1) is 0 Å². The van der Waals surface area contributed by atoms with Gasteiger partial charge in [0.15, 0.2) is 0 Å². The molecule has 1 aromatic carbocycles. The predicted octanol–water partition coefficient (Wildman–Crippen LogP) is 0.731. The number of para-hydroxylation sites is 1. The highest BCUT2D eigenvalue weighted by Gasteiger charge is 2.32. The Hall–Kier alpha value is -1.11. The van der Waals surface area contributed by atoms with Crippen LogP contribution in [0, 0.1) is 0 Å². The third-order valence-corrected chi connectivity index (χ3v) is 5.02. The SMILES string of the molecule is CCS(=O)(=O)N1CCOc2ccccc2C1CN. The summed E-state index contributed by atoms with van der Waals surface area (Å²) in [6.45, 7) is 2.58. The van der Waals surface area contributed by atoms with E-state index in [1.165, 1.54) is 4.31 Å². The molecule has 0 saturated heterocycles. The topological polar surface area (TPSA) is 72.6 Å². The molecule has 0 spiro atoms. The fourth-order valence-electron chi connectivity index (χ4n) is 2.19. The molecule has 6 heteroatoms. The molecule has 0 radical (unpaired) electrons. The average molecular weight is 270 g/mol. The van der Waals surface area contributed by atoms with Gasteiger partial charge in [0.05, 0.1) is 11.8 Å². The molecule has 1 aromatic rings. The van der Waals surface area contributed by atoms with Gasteiger partial charge in [-0.3, -0.25) is 0 Å². The number of rotatable bonds is 3. The average Bonchev–Trinajstić information content (AvgIpc) is 2.57. The van der Waals surface area contributed by atoms with E-state index in [1.54, 1.807) is 6.92 Å². The van der Waals surface area contributed by atoms with Gasteiger partial charge >= 0.3 is 0 Å². The van der Waals surface area contributed by atoms with Gasteiger partial charge in [-0.2, -0.15) is 4.31 Å². The van der Waals surface area contributed by atoms with E-state index >= 15 is 0 Å². The van der Waals surface area contributed by atoms with Crippen molar-refractivity contribution in [2.75, 3.05) is 25.4 Å². The summed E-state index contributed by atoms with van der Waals surface area (Å²) in [6.07, 6.45) is 0. The van der Waals surface area contributed by atoms with Crippen LogP contribution in [0.2, 0.25) is 0 Å². The molecule has 1 aliphatic rings. The second-order valence-corrected chi connectivity index (χ2v) is 6.36. The highest BCUT2D eigenvalue weighted by atomic mass is 32.2. The smallest absolute Gasteiger partial charge is 0.214 e. The molecule has 5 nitrogen and oxygen atoms in total. The zero-order valence-corrected chi connectivity index (χ0v) is 11.2. The van der Waals surface area contributed by atoms with Crippen LogP contribution >= 0.6 is 0 Å². The van der Waals surface area contributed by atoms with Crippen molar-refractivity contribution in [1.29, 1.82) is 0 Å². The summed E-state index contributed by atoms with van der Waals surface area (Å²) in [7, 11) is -3.28. The molecule has 1 heterocycles. The van der Waals surface area contributed by atoms with Crippen LogP contribution < -0.4 is 10.5 Å². The first-order valence-electron chi connectivity index (χ1n) is 6.01. The Morgan fingerprint density at radius 2 is 2.17 bits per heavy atom. The fraction of sp³-hybridized carbons (Fsp3) is 0.500. The number of ether oxygens (including phenoxy) is 1. The number of sulfonamides is 1. The standard InChI is InChI=1S/C12H18N2O3S/c1-2-18(15,16)14-7-8-17-12-6-4-3-5-10(12)11(14)9-13/h3-6,11H,2,7-9,13H2,1H3. The number of hydrogen-bond donors (Lipinski definition) is 1. The first kappa shape index (κ1) is 13.3. The summed E-state index contributed by atoms with van der Waals surface area (Å²) in [6, 6.07) is 7.12. The van der Waals surface area contributed by atoms with Crippen molar-refractivity contribution in [3.05, 3.63) is 29.8 Å². The molecule has 1 unspecified atom stereocenters. The van der Waals surface area contributed by atoms with Crippen LogP contribution in [-0.4, -0.2) is 38.2 Å². The molecule has 1 aliphatic heterocycles. The van der Waals surface area contributed by atoms with E-state index in [1.807, 2.05) is 24.3 Å². The third-order valence-electron chi connectivity index (χ3n) is 3.14. The van der Waals surface area contributed by atoms with Crippen molar-refractivity contribution >= 4 is 10.0 Å². The molecule has 0 bridgehead atoms. The molecular weight excluding hydrogens is 252 g/mol. The summed E-state index contributed by atoms with van der Waals surface area (Å²) in [5.74, 6) is 0.799. The molecule has 18 heavy (non-hydrogen) atoms. The summed E-state index contributed by atoms with van der Waals surface area (Å²) < 4.78 is 31.2. The van der Waals surface area contributed by atoms with E-state index in [4.69, 9.17) is 10.5 Å². The predicted molar refractivity (Wildman–Crippen MR) is 69.9 cm³/mol. The van der Waals surface area contributed by atoms with Crippen molar-refractivity contribution in [2.24, 2.45) is 5.73 Å². The molecule has 0 aliphatic carbocycles. The molecule has 1 atom stereocenters. The van der Waals surface area contributed by atoms with Crippen LogP contribution in [0.3, 0.4) is 0 Å². The van der Waals surface area contributed by atoms with E-state index in [2.05, 4.69) is 0 Å². The lowest BCUT2D eigenvalue weighted by atomic mass is 10.1. The highest BCUT2D eigenvalue weighted by molar-refractivity contribution is 7.89. The van der Waals surface area contributed by atoms with Crippen LogP contribution in [0.4, 0.5) is 0 Å². The van der Waals surface area contributed by atoms with E-state index < -0.39 is 10.0 Å². The molecule has 0 amide bonds. The number of benzene rings is 1. The Kier molecular flexibility index (Phi) is 3.89. The zero-order valence-electron chi connectivity index (χ0n) is 10.4. The van der Waals surface area contributed by atoms with Gasteiger partial charge < -0.3 is 10.5 Å². The van der Waals surface area contributed by atoms with Crippen molar-refractivity contribution in [2.45, 2.75) is 13.0 Å². The first-order valence-corrected chi connectivity index (χ1v) is 7.62. The van der Waals surface area contributed by atoms with Crippen LogP contribution in [0.15, 0.2) is 24.3 Å². The van der Waals surface area contributed by atoms with Crippen LogP contribution in [-0.2, 0) is 10.0 Å². The molecular formula is C12H18N2O3S. The largest absolute Gasteiger partial charge is 0.492 e. The van der Waals surface area contributed by atoms with Gasteiger partial charge in [0.1, 0.15) is 12.4 Å². The quantitative estimate of drug-likeness (QED) is 0.879. The Bertz CT molecular complexity index is 516. The van der Waals surface area contributed by atoms with Gasteiger partial charge in [0.25, 0.3) is 0 Å². The maximum absolute atomic E-state index is 12.1. The third kappa shape index (κ3) is 2.36. The number of hydrogen-bond acceptors (Lipinski definition) is 4. The second-order valence-electron chi connectivity index (χ2n) is 4.15. The summed E-state index contributed by atoms with van der Waals surface area (Å²) in [5, 5.41) is 0. The molecule has 100 valence electrons. The molecule has 0 aromatic heterocycles. The molecule has 2 N–H and O–H groups in total. The van der Waals surface area contributed by atoms with Gasteiger partial charge in [-0.25, -0.2) is 8.42 Å². The zero-order chi connectivity index (χ0) is 13.2. The molecule has 0 saturated carbocycles.